The second-order valence-corrected chi connectivity index (χ2v) is 11.5. The Labute approximate surface area is 276 Å². The molecule has 2 aromatic heterocycles. The van der Waals surface area contributed by atoms with Gasteiger partial charge in [0, 0.05) is 33.0 Å². The topological polar surface area (TPSA) is 43.6 Å². The predicted octanol–water partition coefficient (Wildman–Crippen LogP) is 10.9. The maximum Gasteiger partial charge on any atom is 0.416 e. The van der Waals surface area contributed by atoms with Gasteiger partial charge in [-0.05, 0) is 42.0 Å². The van der Waals surface area contributed by atoms with E-state index in [0.717, 1.165) is 23.6 Å². The Bertz CT molecular complexity index is 2450. The second-order valence-electron chi connectivity index (χ2n) is 11.5. The molecule has 8 rings (SSSR count). The second kappa shape index (κ2) is 11.8. The Balaban J connectivity index is 1.48. The van der Waals surface area contributed by atoms with Crippen LogP contribution in [-0.4, -0.2) is 19.5 Å². The number of para-hydroxylation sites is 1. The highest BCUT2D eigenvalue weighted by molar-refractivity contribution is 6.10. The summed E-state index contributed by atoms with van der Waals surface area (Å²) in [5, 5.41) is 1.35. The van der Waals surface area contributed by atoms with Crippen molar-refractivity contribution >= 4 is 21.8 Å². The van der Waals surface area contributed by atoms with Crippen molar-refractivity contribution < 1.29 is 22.0 Å². The quantitative estimate of drug-likeness (QED) is 0.174. The van der Waals surface area contributed by atoms with E-state index >= 15 is 4.39 Å². The third kappa shape index (κ3) is 5.39. The molecule has 0 atom stereocenters. The highest BCUT2D eigenvalue weighted by atomic mass is 19.4. The van der Waals surface area contributed by atoms with Gasteiger partial charge in [0.05, 0.1) is 22.3 Å². The average molecular weight is 655 g/mol. The summed E-state index contributed by atoms with van der Waals surface area (Å²) < 4.78 is 73.6. The SMILES string of the molecule is Fc1cccc(-c2ccc(-n3c4ccccc4c4ccc(C(F)(F)F)cc43)c(-c3nc(-c4ccccc4)nc(-c4ccccc4)n3)c2)c1F. The molecule has 8 aromatic rings. The maximum absolute atomic E-state index is 15.2. The first-order valence-electron chi connectivity index (χ1n) is 15.3. The van der Waals surface area contributed by atoms with Crippen molar-refractivity contribution in [1.82, 2.24) is 19.5 Å². The van der Waals surface area contributed by atoms with E-state index in [1.807, 2.05) is 84.9 Å². The van der Waals surface area contributed by atoms with Gasteiger partial charge in [0.15, 0.2) is 29.1 Å². The number of fused-ring (bicyclic) bond motifs is 3. The van der Waals surface area contributed by atoms with Gasteiger partial charge < -0.3 is 4.57 Å². The lowest BCUT2D eigenvalue weighted by Gasteiger charge is -2.17. The number of nitrogens with zero attached hydrogens (tertiary/aromatic N) is 4. The summed E-state index contributed by atoms with van der Waals surface area (Å²) in [5.41, 5.74) is 2.72. The monoisotopic (exact) mass is 654 g/mol. The molecular weight excluding hydrogens is 631 g/mol. The number of alkyl halides is 3. The van der Waals surface area contributed by atoms with Gasteiger partial charge in [-0.15, -0.1) is 0 Å². The normalized spacial score (nSPS) is 11.8. The highest BCUT2D eigenvalue weighted by Gasteiger charge is 2.31. The summed E-state index contributed by atoms with van der Waals surface area (Å²) in [6, 6.07) is 38.4. The molecule has 9 heteroatoms. The van der Waals surface area contributed by atoms with E-state index in [4.69, 9.17) is 15.0 Å². The van der Waals surface area contributed by atoms with Gasteiger partial charge in [0.25, 0.3) is 0 Å². The van der Waals surface area contributed by atoms with Crippen LogP contribution in [0.1, 0.15) is 5.56 Å². The number of hydrogen-bond donors (Lipinski definition) is 0. The van der Waals surface area contributed by atoms with Crippen molar-refractivity contribution in [2.24, 2.45) is 0 Å². The van der Waals surface area contributed by atoms with Gasteiger partial charge in [-0.2, -0.15) is 13.2 Å². The fourth-order valence-electron chi connectivity index (χ4n) is 6.14. The van der Waals surface area contributed by atoms with Crippen LogP contribution >= 0.6 is 0 Å². The molecule has 0 aliphatic heterocycles. The number of halogens is 5. The van der Waals surface area contributed by atoms with Crippen LogP contribution in [-0.2, 0) is 6.18 Å². The molecule has 0 aliphatic rings. The maximum atomic E-state index is 15.2. The molecule has 0 fully saturated rings. The van der Waals surface area contributed by atoms with E-state index < -0.39 is 23.4 Å². The minimum Gasteiger partial charge on any atom is -0.308 e. The minimum atomic E-state index is -4.58. The third-order valence-electron chi connectivity index (χ3n) is 8.44. The first-order chi connectivity index (χ1) is 23.8. The molecule has 0 N–H and O–H groups in total. The number of hydrogen-bond acceptors (Lipinski definition) is 3. The lowest BCUT2D eigenvalue weighted by Crippen LogP contribution is -2.06. The Morgan fingerprint density at radius 1 is 0.469 bits per heavy atom. The molecule has 2 heterocycles. The molecular formula is C40H23F5N4. The molecule has 0 saturated heterocycles. The van der Waals surface area contributed by atoms with Gasteiger partial charge in [-0.3, -0.25) is 0 Å². The zero-order valence-corrected chi connectivity index (χ0v) is 25.5. The van der Waals surface area contributed by atoms with Crippen molar-refractivity contribution in [3.05, 3.63) is 157 Å². The Morgan fingerprint density at radius 3 is 1.76 bits per heavy atom. The van der Waals surface area contributed by atoms with Gasteiger partial charge in [0.1, 0.15) is 0 Å². The summed E-state index contributed by atoms with van der Waals surface area (Å²) in [5.74, 6) is -1.13. The first-order valence-corrected chi connectivity index (χ1v) is 15.3. The minimum absolute atomic E-state index is 0.00926. The standard InChI is InChI=1S/C40H23F5N4/c41-32-16-9-15-28(36(32)42)26-18-21-34(49-33-17-8-7-14-29(33)30-20-19-27(23-35(30)49)40(43,44)45)31(22-26)39-47-37(24-10-3-1-4-11-24)46-38(48-39)25-12-5-2-6-13-25/h1-23H. The van der Waals surface area contributed by atoms with Gasteiger partial charge in [0.2, 0.25) is 0 Å². The number of benzene rings is 6. The van der Waals surface area contributed by atoms with Crippen molar-refractivity contribution in [3.63, 3.8) is 0 Å². The molecule has 0 bridgehead atoms. The number of aromatic nitrogens is 4. The summed E-state index contributed by atoms with van der Waals surface area (Å²) in [6.07, 6.45) is -4.58. The van der Waals surface area contributed by atoms with Crippen molar-refractivity contribution in [2.75, 3.05) is 0 Å². The van der Waals surface area contributed by atoms with Crippen LogP contribution in [0.15, 0.2) is 140 Å². The number of rotatable bonds is 5. The molecule has 0 unspecified atom stereocenters. The average Bonchev–Trinajstić information content (AvgIpc) is 3.46. The summed E-state index contributed by atoms with van der Waals surface area (Å²) in [7, 11) is 0. The van der Waals surface area contributed by atoms with E-state index in [1.54, 1.807) is 22.8 Å². The molecule has 0 spiro atoms. The Kier molecular flexibility index (Phi) is 7.25. The van der Waals surface area contributed by atoms with Crippen molar-refractivity contribution in [2.45, 2.75) is 6.18 Å². The zero-order valence-electron chi connectivity index (χ0n) is 25.5. The zero-order chi connectivity index (χ0) is 33.7. The fraction of sp³-hybridized carbons (Fsp3) is 0.0250. The lowest BCUT2D eigenvalue weighted by molar-refractivity contribution is -0.137. The molecule has 6 aromatic carbocycles. The molecule has 238 valence electrons. The van der Waals surface area contributed by atoms with Gasteiger partial charge in [-0.1, -0.05) is 103 Å². The molecule has 4 nitrogen and oxygen atoms in total. The van der Waals surface area contributed by atoms with Crippen LogP contribution in [0.2, 0.25) is 0 Å². The lowest BCUT2D eigenvalue weighted by atomic mass is 10.00. The first kappa shape index (κ1) is 30.1. The fourth-order valence-corrected chi connectivity index (χ4v) is 6.14. The van der Waals surface area contributed by atoms with E-state index in [1.165, 1.54) is 18.2 Å². The molecule has 0 radical (unpaired) electrons. The molecule has 49 heavy (non-hydrogen) atoms. The van der Waals surface area contributed by atoms with Crippen LogP contribution in [0.4, 0.5) is 22.0 Å². The van der Waals surface area contributed by atoms with Crippen molar-refractivity contribution in [1.29, 1.82) is 0 Å². The molecule has 0 aliphatic carbocycles. The Morgan fingerprint density at radius 2 is 1.08 bits per heavy atom. The third-order valence-corrected chi connectivity index (χ3v) is 8.44. The van der Waals surface area contributed by atoms with Crippen molar-refractivity contribution in [3.8, 4) is 51.0 Å². The van der Waals surface area contributed by atoms with E-state index in [2.05, 4.69) is 0 Å². The summed E-state index contributed by atoms with van der Waals surface area (Å²) >= 11 is 0. The van der Waals surface area contributed by atoms with Crippen LogP contribution in [0.5, 0.6) is 0 Å². The van der Waals surface area contributed by atoms with E-state index in [-0.39, 0.29) is 11.4 Å². The smallest absolute Gasteiger partial charge is 0.308 e. The summed E-state index contributed by atoms with van der Waals surface area (Å²) in [6.45, 7) is 0. The largest absolute Gasteiger partial charge is 0.416 e. The van der Waals surface area contributed by atoms with Crippen LogP contribution in [0.25, 0.3) is 72.8 Å². The van der Waals surface area contributed by atoms with Crippen LogP contribution < -0.4 is 0 Å². The predicted molar refractivity (Wildman–Crippen MR) is 181 cm³/mol. The van der Waals surface area contributed by atoms with Gasteiger partial charge >= 0.3 is 6.18 Å². The van der Waals surface area contributed by atoms with Crippen LogP contribution in [0.3, 0.4) is 0 Å². The Hall–Kier alpha value is -6.22. The van der Waals surface area contributed by atoms with E-state index in [9.17, 15) is 17.6 Å². The summed E-state index contributed by atoms with van der Waals surface area (Å²) in [4.78, 5) is 14.5. The van der Waals surface area contributed by atoms with E-state index in [0.29, 0.717) is 56.0 Å². The van der Waals surface area contributed by atoms with Gasteiger partial charge in [-0.25, -0.2) is 23.7 Å². The molecule has 0 amide bonds. The highest BCUT2D eigenvalue weighted by Crippen LogP contribution is 2.40. The molecule has 0 saturated carbocycles. The van der Waals surface area contributed by atoms with Crippen LogP contribution in [0, 0.1) is 11.6 Å².